The number of hydrogen-bond donors (Lipinski definition) is 3. The fraction of sp³-hybridized carbons (Fsp3) is 0.0588. The van der Waals surface area contributed by atoms with Crippen LogP contribution in [-0.4, -0.2) is 27.1 Å². The molecule has 5 nitrogen and oxygen atoms in total. The topological polar surface area (TPSA) is 90.4 Å². The lowest BCUT2D eigenvalue weighted by Gasteiger charge is -2.10. The first-order valence-electron chi connectivity index (χ1n) is 6.78. The first kappa shape index (κ1) is 14.8. The SMILES string of the molecule is Cc1c(C(=O)O)ccc(-c2cc3cccc(F)c3[nH]2)c1C(=O)O. The third kappa shape index (κ3) is 2.34. The zero-order chi connectivity index (χ0) is 16.7. The zero-order valence-corrected chi connectivity index (χ0v) is 12.1. The molecule has 0 aliphatic rings. The van der Waals surface area contributed by atoms with Crippen molar-refractivity contribution in [3.05, 3.63) is 58.9 Å². The van der Waals surface area contributed by atoms with Crippen molar-refractivity contribution in [2.75, 3.05) is 0 Å². The van der Waals surface area contributed by atoms with Crippen molar-refractivity contribution in [3.63, 3.8) is 0 Å². The van der Waals surface area contributed by atoms with Crippen LogP contribution in [0, 0.1) is 12.7 Å². The van der Waals surface area contributed by atoms with Crippen molar-refractivity contribution in [2.45, 2.75) is 6.92 Å². The monoisotopic (exact) mass is 313 g/mol. The number of carboxylic acid groups (broad SMARTS) is 2. The van der Waals surface area contributed by atoms with E-state index < -0.39 is 17.8 Å². The lowest BCUT2D eigenvalue weighted by atomic mass is 9.95. The summed E-state index contributed by atoms with van der Waals surface area (Å²) in [7, 11) is 0. The van der Waals surface area contributed by atoms with E-state index in [1.807, 2.05) is 0 Å². The molecule has 0 bridgehead atoms. The third-order valence-corrected chi connectivity index (χ3v) is 3.80. The number of fused-ring (bicyclic) bond motifs is 1. The molecule has 0 spiro atoms. The number of carboxylic acids is 2. The Balaban J connectivity index is 2.30. The first-order chi connectivity index (χ1) is 10.9. The van der Waals surface area contributed by atoms with Crippen LogP contribution in [0.5, 0.6) is 0 Å². The molecule has 0 unspecified atom stereocenters. The number of nitrogens with one attached hydrogen (secondary N) is 1. The van der Waals surface area contributed by atoms with Gasteiger partial charge in [-0.05, 0) is 30.7 Å². The molecule has 0 aliphatic carbocycles. The Morgan fingerprint density at radius 3 is 2.43 bits per heavy atom. The van der Waals surface area contributed by atoms with Gasteiger partial charge in [-0.1, -0.05) is 18.2 Å². The molecule has 3 rings (SSSR count). The molecular weight excluding hydrogens is 301 g/mol. The van der Waals surface area contributed by atoms with E-state index in [4.69, 9.17) is 5.11 Å². The standard InChI is InChI=1S/C17H12FNO4/c1-8-10(16(20)21)5-6-11(14(8)17(22)23)13-7-9-3-2-4-12(18)15(9)19-13/h2-7,19H,1H3,(H,20,21)(H,22,23). The number of H-pyrrole nitrogens is 1. The van der Waals surface area contributed by atoms with E-state index in [-0.39, 0.29) is 22.2 Å². The minimum atomic E-state index is -1.24. The summed E-state index contributed by atoms with van der Waals surface area (Å²) in [5, 5.41) is 19.2. The smallest absolute Gasteiger partial charge is 0.336 e. The van der Waals surface area contributed by atoms with Crippen molar-refractivity contribution in [2.24, 2.45) is 0 Å². The highest BCUT2D eigenvalue weighted by Crippen LogP contribution is 2.31. The Hall–Kier alpha value is -3.15. The van der Waals surface area contributed by atoms with E-state index in [0.29, 0.717) is 16.6 Å². The van der Waals surface area contributed by atoms with E-state index in [2.05, 4.69) is 4.98 Å². The average Bonchev–Trinajstić information content (AvgIpc) is 2.91. The summed E-state index contributed by atoms with van der Waals surface area (Å²) in [6, 6.07) is 8.98. The second-order valence-electron chi connectivity index (χ2n) is 5.16. The molecule has 1 heterocycles. The van der Waals surface area contributed by atoms with Crippen LogP contribution in [0.25, 0.3) is 22.2 Å². The summed E-state index contributed by atoms with van der Waals surface area (Å²) in [4.78, 5) is 25.6. The quantitative estimate of drug-likeness (QED) is 0.688. The number of benzene rings is 2. The van der Waals surface area contributed by atoms with Crippen LogP contribution in [0.15, 0.2) is 36.4 Å². The maximum Gasteiger partial charge on any atom is 0.336 e. The van der Waals surface area contributed by atoms with Crippen molar-refractivity contribution in [1.82, 2.24) is 4.98 Å². The molecule has 1 aromatic heterocycles. The number of aromatic amines is 1. The number of carbonyl (C=O) groups is 2. The van der Waals surface area contributed by atoms with E-state index in [9.17, 15) is 19.1 Å². The highest BCUT2D eigenvalue weighted by molar-refractivity contribution is 6.02. The van der Waals surface area contributed by atoms with E-state index in [1.54, 1.807) is 18.2 Å². The van der Waals surface area contributed by atoms with Crippen LogP contribution >= 0.6 is 0 Å². The van der Waals surface area contributed by atoms with Crippen molar-refractivity contribution in [3.8, 4) is 11.3 Å². The van der Waals surface area contributed by atoms with Crippen LogP contribution in [0.1, 0.15) is 26.3 Å². The number of hydrogen-bond acceptors (Lipinski definition) is 2. The van der Waals surface area contributed by atoms with Crippen LogP contribution in [0.2, 0.25) is 0 Å². The van der Waals surface area contributed by atoms with Gasteiger partial charge < -0.3 is 15.2 Å². The number of halogens is 1. The Morgan fingerprint density at radius 1 is 1.09 bits per heavy atom. The van der Waals surface area contributed by atoms with Gasteiger partial charge >= 0.3 is 11.9 Å². The van der Waals surface area contributed by atoms with Crippen LogP contribution < -0.4 is 0 Å². The second-order valence-corrected chi connectivity index (χ2v) is 5.16. The van der Waals surface area contributed by atoms with Crippen molar-refractivity contribution >= 4 is 22.8 Å². The van der Waals surface area contributed by atoms with Crippen molar-refractivity contribution < 1.29 is 24.2 Å². The van der Waals surface area contributed by atoms with Gasteiger partial charge in [0.25, 0.3) is 0 Å². The maximum absolute atomic E-state index is 13.8. The Labute approximate surface area is 130 Å². The zero-order valence-electron chi connectivity index (χ0n) is 12.1. The number of para-hydroxylation sites is 1. The molecule has 0 radical (unpaired) electrons. The summed E-state index contributed by atoms with van der Waals surface area (Å²) >= 11 is 0. The van der Waals surface area contributed by atoms with Crippen molar-refractivity contribution in [1.29, 1.82) is 0 Å². The Bertz CT molecular complexity index is 959. The normalized spacial score (nSPS) is 10.9. The van der Waals surface area contributed by atoms with Gasteiger partial charge in [-0.2, -0.15) is 0 Å². The highest BCUT2D eigenvalue weighted by Gasteiger charge is 2.21. The fourth-order valence-corrected chi connectivity index (χ4v) is 2.71. The van der Waals surface area contributed by atoms with Gasteiger partial charge in [-0.15, -0.1) is 0 Å². The molecule has 0 fully saturated rings. The van der Waals surface area contributed by atoms with Gasteiger partial charge in [0, 0.05) is 16.6 Å². The van der Waals surface area contributed by atoms with Gasteiger partial charge in [0.2, 0.25) is 0 Å². The van der Waals surface area contributed by atoms with E-state index in [0.717, 1.165) is 0 Å². The second kappa shape index (κ2) is 5.24. The average molecular weight is 313 g/mol. The van der Waals surface area contributed by atoms with Gasteiger partial charge in [0.05, 0.1) is 16.6 Å². The Kier molecular flexibility index (Phi) is 3.37. The number of aromatic nitrogens is 1. The molecule has 23 heavy (non-hydrogen) atoms. The predicted molar refractivity (Wildman–Crippen MR) is 82.3 cm³/mol. The van der Waals surface area contributed by atoms with Gasteiger partial charge in [0.15, 0.2) is 0 Å². The van der Waals surface area contributed by atoms with Gasteiger partial charge in [0.1, 0.15) is 5.82 Å². The maximum atomic E-state index is 13.8. The van der Waals surface area contributed by atoms with Gasteiger partial charge in [-0.25, -0.2) is 14.0 Å². The minimum absolute atomic E-state index is 0.0755. The number of rotatable bonds is 3. The molecule has 3 N–H and O–H groups in total. The largest absolute Gasteiger partial charge is 0.478 e. The molecule has 6 heteroatoms. The van der Waals surface area contributed by atoms with Gasteiger partial charge in [-0.3, -0.25) is 0 Å². The first-order valence-corrected chi connectivity index (χ1v) is 6.78. The molecule has 0 atom stereocenters. The molecule has 2 aromatic carbocycles. The number of aromatic carboxylic acids is 2. The molecule has 0 amide bonds. The lowest BCUT2D eigenvalue weighted by molar-refractivity contribution is 0.0696. The van der Waals surface area contributed by atoms with E-state index >= 15 is 0 Å². The Morgan fingerprint density at radius 2 is 1.83 bits per heavy atom. The lowest BCUT2D eigenvalue weighted by Crippen LogP contribution is -2.09. The molecule has 0 aliphatic heterocycles. The minimum Gasteiger partial charge on any atom is -0.478 e. The molecule has 0 saturated heterocycles. The van der Waals surface area contributed by atoms with Crippen LogP contribution in [-0.2, 0) is 0 Å². The summed E-state index contributed by atoms with van der Waals surface area (Å²) in [6.07, 6.45) is 0. The van der Waals surface area contributed by atoms with Crippen LogP contribution in [0.3, 0.4) is 0 Å². The fourth-order valence-electron chi connectivity index (χ4n) is 2.71. The molecule has 116 valence electrons. The molecular formula is C17H12FNO4. The predicted octanol–water partition coefficient (Wildman–Crippen LogP) is 3.68. The van der Waals surface area contributed by atoms with Crippen LogP contribution in [0.4, 0.5) is 4.39 Å². The summed E-state index contributed by atoms with van der Waals surface area (Å²) in [5.74, 6) is -2.87. The molecule has 0 saturated carbocycles. The summed E-state index contributed by atoms with van der Waals surface area (Å²) in [6.45, 7) is 1.44. The third-order valence-electron chi connectivity index (χ3n) is 3.80. The van der Waals surface area contributed by atoms with E-state index in [1.165, 1.54) is 25.1 Å². The molecule has 3 aromatic rings. The summed E-state index contributed by atoms with van der Waals surface area (Å²) in [5.41, 5.74) is 0.976. The summed E-state index contributed by atoms with van der Waals surface area (Å²) < 4.78 is 13.8. The highest BCUT2D eigenvalue weighted by atomic mass is 19.1.